The molecule has 0 radical (unpaired) electrons. The minimum absolute atomic E-state index is 0.388. The Balaban J connectivity index is 1.03. The molecule has 3 aromatic heterocycles. The molecule has 60 heavy (non-hydrogen) atoms. The highest BCUT2D eigenvalue weighted by Crippen LogP contribution is 2.36. The average molecular weight is 784 g/mol. The standard InChI is InChI=1S/C51H45N9/c1-6-17-34(18-7-1)43-52-44(35-19-8-2-9-20-35)55-48(54-43)39-29-31-40(32-30-39)49-56-47(38-25-14-5-15-26-38)59-51(60-49)42-28-16-27-41(33-42)50-57-45(36-21-10-3-11-22-36)53-46(58-50)37-23-12-4-13-24-37/h1-2,5-9,14-20,25-33,36-37H,3-4,10-13,21-24H2. The number of nitrogens with zero attached hydrogens (tertiary/aromatic N) is 9. The Morgan fingerprint density at radius 3 is 0.883 bits per heavy atom. The second-order valence-corrected chi connectivity index (χ2v) is 15.9. The molecule has 0 saturated heterocycles. The maximum absolute atomic E-state index is 5.18. The first kappa shape index (κ1) is 37.4. The summed E-state index contributed by atoms with van der Waals surface area (Å²) in [6.07, 6.45) is 12.1. The van der Waals surface area contributed by atoms with Gasteiger partial charge in [0, 0.05) is 50.8 Å². The molecule has 2 saturated carbocycles. The van der Waals surface area contributed by atoms with Crippen molar-refractivity contribution in [2.75, 3.05) is 0 Å². The molecule has 5 aromatic carbocycles. The van der Waals surface area contributed by atoms with E-state index in [1.807, 2.05) is 115 Å². The lowest BCUT2D eigenvalue weighted by atomic mass is 9.87. The second-order valence-electron chi connectivity index (χ2n) is 15.9. The minimum Gasteiger partial charge on any atom is -0.217 e. The van der Waals surface area contributed by atoms with E-state index < -0.39 is 0 Å². The van der Waals surface area contributed by atoms with Gasteiger partial charge in [0.05, 0.1) is 0 Å². The maximum atomic E-state index is 5.18. The molecule has 2 aliphatic rings. The quantitative estimate of drug-likeness (QED) is 0.141. The molecule has 294 valence electrons. The third-order valence-corrected chi connectivity index (χ3v) is 11.8. The van der Waals surface area contributed by atoms with Crippen molar-refractivity contribution in [3.63, 3.8) is 0 Å². The van der Waals surface area contributed by atoms with Crippen LogP contribution in [0.4, 0.5) is 0 Å². The van der Waals surface area contributed by atoms with Crippen molar-refractivity contribution in [2.24, 2.45) is 0 Å². The molecule has 9 nitrogen and oxygen atoms in total. The van der Waals surface area contributed by atoms with Crippen molar-refractivity contribution < 1.29 is 0 Å². The highest BCUT2D eigenvalue weighted by molar-refractivity contribution is 5.72. The van der Waals surface area contributed by atoms with Crippen LogP contribution in [0.1, 0.15) is 87.7 Å². The lowest BCUT2D eigenvalue weighted by Gasteiger charge is -2.24. The zero-order valence-corrected chi connectivity index (χ0v) is 33.5. The second kappa shape index (κ2) is 17.2. The van der Waals surface area contributed by atoms with Crippen LogP contribution in [0.2, 0.25) is 0 Å². The highest BCUT2D eigenvalue weighted by atomic mass is 15.1. The van der Waals surface area contributed by atoms with Crippen LogP contribution in [-0.2, 0) is 0 Å². The van der Waals surface area contributed by atoms with Gasteiger partial charge in [-0.3, -0.25) is 0 Å². The molecule has 2 fully saturated rings. The number of benzene rings is 5. The predicted octanol–water partition coefficient (Wildman–Crippen LogP) is 12.0. The van der Waals surface area contributed by atoms with E-state index in [-0.39, 0.29) is 0 Å². The smallest absolute Gasteiger partial charge is 0.164 e. The van der Waals surface area contributed by atoms with Crippen LogP contribution < -0.4 is 0 Å². The van der Waals surface area contributed by atoms with Gasteiger partial charge in [-0.25, -0.2) is 44.9 Å². The fourth-order valence-electron chi connectivity index (χ4n) is 8.48. The Morgan fingerprint density at radius 2 is 0.533 bits per heavy atom. The Bertz CT molecular complexity index is 2620. The Morgan fingerprint density at radius 1 is 0.250 bits per heavy atom. The van der Waals surface area contributed by atoms with E-state index in [9.17, 15) is 0 Å². The summed E-state index contributed by atoms with van der Waals surface area (Å²) in [5.74, 6) is 7.02. The topological polar surface area (TPSA) is 116 Å². The molecule has 9 heteroatoms. The molecule has 10 rings (SSSR count). The van der Waals surface area contributed by atoms with Gasteiger partial charge in [0.15, 0.2) is 40.8 Å². The summed E-state index contributed by atoms with van der Waals surface area (Å²) in [4.78, 5) is 45.4. The van der Waals surface area contributed by atoms with Gasteiger partial charge < -0.3 is 0 Å². The van der Waals surface area contributed by atoms with Crippen molar-refractivity contribution >= 4 is 0 Å². The Labute approximate surface area is 350 Å². The monoisotopic (exact) mass is 783 g/mol. The maximum Gasteiger partial charge on any atom is 0.164 e. The van der Waals surface area contributed by atoms with Gasteiger partial charge in [-0.2, -0.15) is 0 Å². The van der Waals surface area contributed by atoms with Gasteiger partial charge in [-0.05, 0) is 31.7 Å². The lowest BCUT2D eigenvalue weighted by molar-refractivity contribution is 0.409. The SMILES string of the molecule is c1ccc(-c2nc(-c3ccccc3)nc(-c3ccc(-c4nc(-c5ccccc5)nc(-c5cccc(-c6nc(C7CCCCC7)nc(C7CCCCC7)n6)c5)n4)cc3)n2)cc1. The largest absolute Gasteiger partial charge is 0.217 e. The molecule has 0 unspecified atom stereocenters. The third kappa shape index (κ3) is 8.21. The van der Waals surface area contributed by atoms with Crippen LogP contribution in [0.3, 0.4) is 0 Å². The third-order valence-electron chi connectivity index (χ3n) is 11.8. The molecule has 0 amide bonds. The summed E-state index contributed by atoms with van der Waals surface area (Å²) < 4.78 is 0. The van der Waals surface area contributed by atoms with Gasteiger partial charge in [0.25, 0.3) is 0 Å². The van der Waals surface area contributed by atoms with Crippen LogP contribution in [0.25, 0.3) is 79.7 Å². The first-order chi connectivity index (χ1) is 29.7. The molecule has 0 N–H and O–H groups in total. The zero-order valence-electron chi connectivity index (χ0n) is 33.5. The van der Waals surface area contributed by atoms with E-state index in [1.54, 1.807) is 0 Å². The Hall–Kier alpha value is -6.87. The van der Waals surface area contributed by atoms with E-state index >= 15 is 0 Å². The molecule has 0 bridgehead atoms. The summed E-state index contributed by atoms with van der Waals surface area (Å²) in [6.45, 7) is 0. The zero-order chi connectivity index (χ0) is 40.1. The average Bonchev–Trinajstić information content (AvgIpc) is 3.35. The first-order valence-electron chi connectivity index (χ1n) is 21.4. The number of rotatable bonds is 9. The van der Waals surface area contributed by atoms with Gasteiger partial charge in [0.1, 0.15) is 11.6 Å². The molecule has 0 aliphatic heterocycles. The van der Waals surface area contributed by atoms with Crippen LogP contribution in [-0.4, -0.2) is 44.9 Å². The van der Waals surface area contributed by atoms with Crippen molar-refractivity contribution in [3.05, 3.63) is 151 Å². The fourth-order valence-corrected chi connectivity index (χ4v) is 8.48. The summed E-state index contributed by atoms with van der Waals surface area (Å²) in [6, 6.07) is 46.5. The summed E-state index contributed by atoms with van der Waals surface area (Å²) >= 11 is 0. The van der Waals surface area contributed by atoms with Crippen molar-refractivity contribution in [3.8, 4) is 79.7 Å². The molecule has 3 heterocycles. The molecular formula is C51H45N9. The molecule has 8 aromatic rings. The van der Waals surface area contributed by atoms with E-state index in [1.165, 1.54) is 38.5 Å². The summed E-state index contributed by atoms with van der Waals surface area (Å²) in [5, 5.41) is 0. The van der Waals surface area contributed by atoms with E-state index in [2.05, 4.69) is 24.3 Å². The first-order valence-corrected chi connectivity index (χ1v) is 21.4. The summed E-state index contributed by atoms with van der Waals surface area (Å²) in [5.41, 5.74) is 6.29. The van der Waals surface area contributed by atoms with Crippen LogP contribution in [0.15, 0.2) is 140 Å². The molecule has 0 spiro atoms. The number of hydrogen-bond donors (Lipinski definition) is 0. The molecule has 0 atom stereocenters. The van der Waals surface area contributed by atoms with Gasteiger partial charge in [-0.1, -0.05) is 172 Å². The fraction of sp³-hybridized carbons (Fsp3) is 0.235. The van der Waals surface area contributed by atoms with Crippen molar-refractivity contribution in [1.82, 2.24) is 44.9 Å². The summed E-state index contributed by atoms with van der Waals surface area (Å²) in [7, 11) is 0. The van der Waals surface area contributed by atoms with E-state index in [0.29, 0.717) is 46.8 Å². The minimum atomic E-state index is 0.388. The van der Waals surface area contributed by atoms with Crippen LogP contribution in [0.5, 0.6) is 0 Å². The van der Waals surface area contributed by atoms with Crippen molar-refractivity contribution in [1.29, 1.82) is 0 Å². The van der Waals surface area contributed by atoms with Gasteiger partial charge in [0.2, 0.25) is 0 Å². The van der Waals surface area contributed by atoms with E-state index in [4.69, 9.17) is 44.9 Å². The highest BCUT2D eigenvalue weighted by Gasteiger charge is 2.25. The molecule has 2 aliphatic carbocycles. The predicted molar refractivity (Wildman–Crippen MR) is 236 cm³/mol. The van der Waals surface area contributed by atoms with Gasteiger partial charge in [-0.15, -0.1) is 0 Å². The van der Waals surface area contributed by atoms with Crippen LogP contribution in [0, 0.1) is 0 Å². The Kier molecular flexibility index (Phi) is 10.7. The number of aromatic nitrogens is 9. The number of hydrogen-bond acceptors (Lipinski definition) is 9. The molecular weight excluding hydrogens is 739 g/mol. The van der Waals surface area contributed by atoms with Gasteiger partial charge >= 0.3 is 0 Å². The van der Waals surface area contributed by atoms with Crippen molar-refractivity contribution in [2.45, 2.75) is 76.0 Å². The normalized spacial score (nSPS) is 14.9. The van der Waals surface area contributed by atoms with Crippen LogP contribution >= 0.6 is 0 Å². The van der Waals surface area contributed by atoms with E-state index in [0.717, 1.165) is 82.1 Å². The lowest BCUT2D eigenvalue weighted by Crippen LogP contribution is -2.16.